The molecule has 0 heteroatoms. The number of rotatable bonds is 0. The second-order valence-electron chi connectivity index (χ2n) is 3.40. The van der Waals surface area contributed by atoms with Crippen LogP contribution in [0.3, 0.4) is 0 Å². The minimum absolute atomic E-state index is 0.512. The maximum Gasteiger partial charge on any atom is 0.0149 e. The summed E-state index contributed by atoms with van der Waals surface area (Å²) < 4.78 is 0. The number of hydrogen-bond acceptors (Lipinski definition) is 0. The Kier molecular flexibility index (Phi) is 3.23. The van der Waals surface area contributed by atoms with Crippen LogP contribution < -0.4 is 0 Å². The Morgan fingerprint density at radius 1 is 1.36 bits per heavy atom. The lowest BCUT2D eigenvalue weighted by Crippen LogP contribution is -1.89. The van der Waals surface area contributed by atoms with E-state index in [1.807, 2.05) is 0 Å². The largest absolute Gasteiger partial charge is 0.0954 e. The average Bonchev–Trinajstić information content (AvgIpc) is 2.03. The molecule has 0 nitrogen and oxygen atoms in total. The van der Waals surface area contributed by atoms with Crippen molar-refractivity contribution in [3.8, 4) is 11.8 Å². The third-order valence-electron chi connectivity index (χ3n) is 1.81. The lowest BCUT2D eigenvalue weighted by Gasteiger charge is -2.05. The van der Waals surface area contributed by atoms with E-state index in [4.69, 9.17) is 0 Å². The quantitative estimate of drug-likeness (QED) is 0.463. The fourth-order valence-corrected chi connectivity index (χ4v) is 1.19. The molecule has 0 radical (unpaired) electrons. The normalized spacial score (nSPS) is 17.2. The van der Waals surface area contributed by atoms with E-state index in [2.05, 4.69) is 31.8 Å². The maximum atomic E-state index is 3.23. The summed E-state index contributed by atoms with van der Waals surface area (Å²) in [7, 11) is 0. The van der Waals surface area contributed by atoms with Gasteiger partial charge in [0, 0.05) is 5.92 Å². The average molecular weight is 148 g/mol. The minimum Gasteiger partial charge on any atom is -0.0954 e. The molecule has 60 valence electrons. The summed E-state index contributed by atoms with van der Waals surface area (Å²) in [5.41, 5.74) is 1.37. The molecule has 1 aliphatic carbocycles. The van der Waals surface area contributed by atoms with Gasteiger partial charge in [-0.15, -0.1) is 0 Å². The molecule has 0 aliphatic heterocycles. The molecule has 11 heavy (non-hydrogen) atoms. The summed E-state index contributed by atoms with van der Waals surface area (Å²) in [5.74, 6) is 6.94. The molecule has 0 N–H and O–H groups in total. The molecule has 0 fully saturated rings. The summed E-state index contributed by atoms with van der Waals surface area (Å²) in [6.45, 7) is 4.27. The Bertz CT molecular complexity index is 198. The van der Waals surface area contributed by atoms with Gasteiger partial charge in [-0.1, -0.05) is 31.8 Å². The topological polar surface area (TPSA) is 0 Å². The third kappa shape index (κ3) is 3.28. The van der Waals surface area contributed by atoms with Crippen LogP contribution >= 0.6 is 0 Å². The van der Waals surface area contributed by atoms with Crippen LogP contribution in [0.5, 0.6) is 0 Å². The lowest BCUT2D eigenvalue weighted by atomic mass is 10.00. The highest BCUT2D eigenvalue weighted by Crippen LogP contribution is 2.16. The van der Waals surface area contributed by atoms with Gasteiger partial charge in [0.2, 0.25) is 0 Å². The van der Waals surface area contributed by atoms with E-state index >= 15 is 0 Å². The summed E-state index contributed by atoms with van der Waals surface area (Å²) in [4.78, 5) is 0. The predicted molar refractivity (Wildman–Crippen MR) is 49.2 cm³/mol. The Morgan fingerprint density at radius 3 is 2.73 bits per heavy atom. The highest BCUT2D eigenvalue weighted by molar-refractivity contribution is 5.29. The molecule has 0 aromatic heterocycles. The summed E-state index contributed by atoms with van der Waals surface area (Å²) in [5, 5.41) is 0. The molecule has 0 heterocycles. The van der Waals surface area contributed by atoms with Crippen LogP contribution in [0.4, 0.5) is 0 Å². The van der Waals surface area contributed by atoms with Crippen molar-refractivity contribution >= 4 is 0 Å². The molecule has 1 aliphatic rings. The van der Waals surface area contributed by atoms with Gasteiger partial charge >= 0.3 is 0 Å². The van der Waals surface area contributed by atoms with Crippen molar-refractivity contribution in [1.29, 1.82) is 0 Å². The van der Waals surface area contributed by atoms with Gasteiger partial charge in [-0.3, -0.25) is 0 Å². The first-order valence-corrected chi connectivity index (χ1v) is 4.49. The maximum absolute atomic E-state index is 3.23. The van der Waals surface area contributed by atoms with Crippen LogP contribution in [0, 0.1) is 17.8 Å². The number of allylic oxidation sites excluding steroid dienone is 2. The molecule has 0 aromatic rings. The number of hydrogen-bond donors (Lipinski definition) is 0. The van der Waals surface area contributed by atoms with E-state index in [-0.39, 0.29) is 0 Å². The highest BCUT2D eigenvalue weighted by atomic mass is 14.0. The highest BCUT2D eigenvalue weighted by Gasteiger charge is 1.99. The first-order chi connectivity index (χ1) is 5.29. The van der Waals surface area contributed by atoms with Crippen molar-refractivity contribution in [2.45, 2.75) is 39.5 Å². The smallest absolute Gasteiger partial charge is 0.0149 e. The fraction of sp³-hybridized carbons (Fsp3) is 0.636. The molecule has 1 rings (SSSR count). The van der Waals surface area contributed by atoms with E-state index < -0.39 is 0 Å². The van der Waals surface area contributed by atoms with E-state index in [9.17, 15) is 0 Å². The van der Waals surface area contributed by atoms with Crippen LogP contribution in [0.25, 0.3) is 0 Å². The zero-order valence-corrected chi connectivity index (χ0v) is 7.48. The Balaban J connectivity index is 2.49. The Hall–Kier alpha value is -0.700. The Labute approximate surface area is 69.7 Å². The van der Waals surface area contributed by atoms with E-state index in [1.54, 1.807) is 0 Å². The molecular formula is C11H16. The first kappa shape index (κ1) is 8.40. The van der Waals surface area contributed by atoms with Gasteiger partial charge in [0.25, 0.3) is 0 Å². The van der Waals surface area contributed by atoms with Gasteiger partial charge in [-0.25, -0.2) is 0 Å². The molecule has 0 saturated heterocycles. The fourth-order valence-electron chi connectivity index (χ4n) is 1.19. The van der Waals surface area contributed by atoms with Crippen molar-refractivity contribution in [2.75, 3.05) is 0 Å². The standard InChI is InChI=1S/C11H16/c1-10(2)8-9-11-6-4-3-5-7-11/h6,10H,3-5,7H2,1-2H3. The molecule has 0 atom stereocenters. The van der Waals surface area contributed by atoms with Crippen LogP contribution in [-0.4, -0.2) is 0 Å². The second kappa shape index (κ2) is 4.23. The van der Waals surface area contributed by atoms with Crippen molar-refractivity contribution in [1.82, 2.24) is 0 Å². The van der Waals surface area contributed by atoms with Crippen LogP contribution in [0.15, 0.2) is 11.6 Å². The molecule has 0 saturated carbocycles. The first-order valence-electron chi connectivity index (χ1n) is 4.49. The van der Waals surface area contributed by atoms with Crippen molar-refractivity contribution in [3.63, 3.8) is 0 Å². The molecule has 0 spiro atoms. The second-order valence-corrected chi connectivity index (χ2v) is 3.40. The Morgan fingerprint density at radius 2 is 2.18 bits per heavy atom. The van der Waals surface area contributed by atoms with E-state index in [0.717, 1.165) is 0 Å². The van der Waals surface area contributed by atoms with Crippen LogP contribution in [0.1, 0.15) is 39.5 Å². The van der Waals surface area contributed by atoms with Gasteiger partial charge in [0.15, 0.2) is 0 Å². The third-order valence-corrected chi connectivity index (χ3v) is 1.81. The summed E-state index contributed by atoms with van der Waals surface area (Å²) in [6, 6.07) is 0. The van der Waals surface area contributed by atoms with Crippen molar-refractivity contribution in [2.24, 2.45) is 5.92 Å². The molecule has 0 bridgehead atoms. The predicted octanol–water partition coefficient (Wildman–Crippen LogP) is 3.15. The van der Waals surface area contributed by atoms with Crippen molar-refractivity contribution in [3.05, 3.63) is 11.6 Å². The molecule has 0 aromatic carbocycles. The zero-order valence-electron chi connectivity index (χ0n) is 7.48. The van der Waals surface area contributed by atoms with Gasteiger partial charge in [-0.2, -0.15) is 0 Å². The van der Waals surface area contributed by atoms with E-state index in [0.29, 0.717) is 5.92 Å². The zero-order chi connectivity index (χ0) is 8.10. The van der Waals surface area contributed by atoms with Gasteiger partial charge < -0.3 is 0 Å². The molecule has 0 unspecified atom stereocenters. The summed E-state index contributed by atoms with van der Waals surface area (Å²) in [6.07, 6.45) is 7.42. The van der Waals surface area contributed by atoms with Gasteiger partial charge in [-0.05, 0) is 31.3 Å². The van der Waals surface area contributed by atoms with Crippen LogP contribution in [-0.2, 0) is 0 Å². The lowest BCUT2D eigenvalue weighted by molar-refractivity contribution is 0.714. The SMILES string of the molecule is CC(C)C#CC1=CCCCC1. The van der Waals surface area contributed by atoms with Crippen LogP contribution in [0.2, 0.25) is 0 Å². The monoisotopic (exact) mass is 148 g/mol. The van der Waals surface area contributed by atoms with Gasteiger partial charge in [0.1, 0.15) is 0 Å². The van der Waals surface area contributed by atoms with Crippen molar-refractivity contribution < 1.29 is 0 Å². The molecule has 0 amide bonds. The summed E-state index contributed by atoms with van der Waals surface area (Å²) >= 11 is 0. The van der Waals surface area contributed by atoms with E-state index in [1.165, 1.54) is 31.3 Å². The van der Waals surface area contributed by atoms with Gasteiger partial charge in [0.05, 0.1) is 0 Å². The minimum atomic E-state index is 0.512. The molecular weight excluding hydrogens is 132 g/mol.